The average Bonchev–Trinajstić information content (AvgIpc) is 3.52. The topological polar surface area (TPSA) is 132 Å². The van der Waals surface area contributed by atoms with E-state index in [1.165, 1.54) is 25.6 Å². The van der Waals surface area contributed by atoms with E-state index in [1.54, 1.807) is 55.5 Å². The van der Waals surface area contributed by atoms with Crippen molar-refractivity contribution in [3.63, 3.8) is 0 Å². The predicted octanol–water partition coefficient (Wildman–Crippen LogP) is 3.73. The van der Waals surface area contributed by atoms with Gasteiger partial charge in [0.2, 0.25) is 0 Å². The van der Waals surface area contributed by atoms with Gasteiger partial charge in [0.05, 0.1) is 31.1 Å². The van der Waals surface area contributed by atoms with Gasteiger partial charge < -0.3 is 19.5 Å². The lowest BCUT2D eigenvalue weighted by atomic mass is 10.1. The second kappa shape index (κ2) is 11.7. The Kier molecular flexibility index (Phi) is 8.17. The molecule has 1 aromatic heterocycles. The van der Waals surface area contributed by atoms with Crippen molar-refractivity contribution in [3.8, 4) is 11.5 Å². The van der Waals surface area contributed by atoms with Crippen LogP contribution in [0.1, 0.15) is 50.1 Å². The molecule has 10 nitrogen and oxygen atoms in total. The van der Waals surface area contributed by atoms with E-state index in [1.807, 2.05) is 0 Å². The minimum atomic E-state index is -1.03. The van der Waals surface area contributed by atoms with Crippen LogP contribution >= 0.6 is 11.3 Å². The van der Waals surface area contributed by atoms with E-state index >= 15 is 0 Å². The highest BCUT2D eigenvalue weighted by Gasteiger charge is 2.29. The van der Waals surface area contributed by atoms with Crippen LogP contribution in [-0.2, 0) is 27.2 Å². The summed E-state index contributed by atoms with van der Waals surface area (Å²) in [5.41, 5.74) is 4.42. The summed E-state index contributed by atoms with van der Waals surface area (Å²) in [6, 6.07) is 13.1. The number of hydrazone groups is 1. The van der Waals surface area contributed by atoms with Gasteiger partial charge in [-0.3, -0.25) is 9.59 Å². The molecule has 0 spiro atoms. The van der Waals surface area contributed by atoms with Crippen molar-refractivity contribution in [2.45, 2.75) is 26.2 Å². The summed E-state index contributed by atoms with van der Waals surface area (Å²) >= 11 is 1.26. The normalized spacial score (nSPS) is 12.3. The molecule has 2 aromatic carbocycles. The number of carbonyl (C=O) groups is 4. The van der Waals surface area contributed by atoms with E-state index in [0.717, 1.165) is 23.3 Å². The van der Waals surface area contributed by atoms with Crippen LogP contribution in [0.15, 0.2) is 53.6 Å². The SMILES string of the molecule is COC(=O)c1c(NC(=O)C(=O)N/N=C(\C)c2ccccc2OC(=O)c2ccc(OC)cc2)sc2c1CCC2. The maximum atomic E-state index is 12.6. The fourth-order valence-electron chi connectivity index (χ4n) is 3.96. The molecule has 196 valence electrons. The van der Waals surface area contributed by atoms with Gasteiger partial charge in [-0.05, 0) is 68.1 Å². The summed E-state index contributed by atoms with van der Waals surface area (Å²) in [7, 11) is 2.80. The summed E-state index contributed by atoms with van der Waals surface area (Å²) in [5, 5.41) is 6.78. The third-order valence-electron chi connectivity index (χ3n) is 5.87. The third-order valence-corrected chi connectivity index (χ3v) is 7.08. The van der Waals surface area contributed by atoms with Crippen LogP contribution in [-0.4, -0.2) is 43.7 Å². The van der Waals surface area contributed by atoms with Crippen LogP contribution in [0.25, 0.3) is 0 Å². The van der Waals surface area contributed by atoms with Gasteiger partial charge in [-0.15, -0.1) is 11.3 Å². The Bertz CT molecular complexity index is 1430. The third kappa shape index (κ3) is 5.73. The highest BCUT2D eigenvalue weighted by atomic mass is 32.1. The Morgan fingerprint density at radius 2 is 1.66 bits per heavy atom. The maximum Gasteiger partial charge on any atom is 0.343 e. The highest BCUT2D eigenvalue weighted by Crippen LogP contribution is 2.39. The zero-order valence-electron chi connectivity index (χ0n) is 21.0. The fourth-order valence-corrected chi connectivity index (χ4v) is 5.23. The zero-order valence-corrected chi connectivity index (χ0v) is 21.8. The summed E-state index contributed by atoms with van der Waals surface area (Å²) in [6.07, 6.45) is 2.44. The summed E-state index contributed by atoms with van der Waals surface area (Å²) in [6.45, 7) is 1.59. The van der Waals surface area contributed by atoms with Crippen molar-refractivity contribution in [3.05, 3.63) is 75.7 Å². The lowest BCUT2D eigenvalue weighted by molar-refractivity contribution is -0.136. The Hall–Kier alpha value is -4.51. The van der Waals surface area contributed by atoms with Gasteiger partial charge in [0.1, 0.15) is 16.5 Å². The van der Waals surface area contributed by atoms with Gasteiger partial charge in [0, 0.05) is 10.4 Å². The van der Waals surface area contributed by atoms with Crippen LogP contribution in [0.5, 0.6) is 11.5 Å². The molecule has 0 atom stereocenters. The molecule has 1 aliphatic carbocycles. The van der Waals surface area contributed by atoms with Crippen molar-refractivity contribution in [2.24, 2.45) is 5.10 Å². The number of ether oxygens (including phenoxy) is 3. The monoisotopic (exact) mass is 535 g/mol. The number of methoxy groups -OCH3 is 2. The number of nitrogens with one attached hydrogen (secondary N) is 2. The van der Waals surface area contributed by atoms with Gasteiger partial charge >= 0.3 is 23.8 Å². The maximum absolute atomic E-state index is 12.6. The minimum Gasteiger partial charge on any atom is -0.497 e. The summed E-state index contributed by atoms with van der Waals surface area (Å²) < 4.78 is 15.5. The van der Waals surface area contributed by atoms with Crippen molar-refractivity contribution < 1.29 is 33.4 Å². The van der Waals surface area contributed by atoms with Gasteiger partial charge in [-0.2, -0.15) is 5.10 Å². The molecule has 1 heterocycles. The first-order chi connectivity index (χ1) is 18.3. The standard InChI is InChI=1S/C27H25N3O7S/c1-15(18-7-4-5-9-20(18)37-26(33)16-11-13-17(35-2)14-12-16)29-30-24(32)23(31)28-25-22(27(34)36-3)19-8-6-10-21(19)38-25/h4-5,7,9,11-14H,6,8,10H2,1-3H3,(H,28,31)(H,30,32)/b29-15+. The van der Waals surface area contributed by atoms with Crippen molar-refractivity contribution in [1.29, 1.82) is 0 Å². The molecule has 0 radical (unpaired) electrons. The van der Waals surface area contributed by atoms with Crippen molar-refractivity contribution in [1.82, 2.24) is 5.43 Å². The predicted molar refractivity (Wildman–Crippen MR) is 141 cm³/mol. The number of carbonyl (C=O) groups excluding carboxylic acids is 4. The average molecular weight is 536 g/mol. The Labute approximate surface area is 222 Å². The summed E-state index contributed by atoms with van der Waals surface area (Å²) in [5.74, 6) is -2.32. The lowest BCUT2D eigenvalue weighted by Crippen LogP contribution is -2.33. The first-order valence-electron chi connectivity index (χ1n) is 11.7. The van der Waals surface area contributed by atoms with Gasteiger partial charge in [0.15, 0.2) is 0 Å². The van der Waals surface area contributed by atoms with Crippen LogP contribution in [0.4, 0.5) is 5.00 Å². The smallest absolute Gasteiger partial charge is 0.343 e. The van der Waals surface area contributed by atoms with Gasteiger partial charge in [0.25, 0.3) is 0 Å². The van der Waals surface area contributed by atoms with E-state index in [2.05, 4.69) is 15.8 Å². The van der Waals surface area contributed by atoms with Crippen molar-refractivity contribution in [2.75, 3.05) is 19.5 Å². The van der Waals surface area contributed by atoms with E-state index in [9.17, 15) is 19.2 Å². The quantitative estimate of drug-likeness (QED) is 0.155. The lowest BCUT2D eigenvalue weighted by Gasteiger charge is -2.10. The zero-order chi connectivity index (χ0) is 27.2. The number of amides is 2. The van der Waals surface area contributed by atoms with Crippen LogP contribution < -0.4 is 20.2 Å². The number of aryl methyl sites for hydroxylation is 1. The first-order valence-corrected chi connectivity index (χ1v) is 12.5. The molecule has 0 fully saturated rings. The second-order valence-electron chi connectivity index (χ2n) is 8.26. The Balaban J connectivity index is 1.44. The number of rotatable bonds is 7. The molecule has 38 heavy (non-hydrogen) atoms. The van der Waals surface area contributed by atoms with Crippen molar-refractivity contribution >= 4 is 45.8 Å². The Morgan fingerprint density at radius 3 is 2.37 bits per heavy atom. The van der Waals surface area contributed by atoms with Crippen LogP contribution in [0, 0.1) is 0 Å². The van der Waals surface area contributed by atoms with E-state index < -0.39 is 23.8 Å². The van der Waals surface area contributed by atoms with Gasteiger partial charge in [-0.1, -0.05) is 12.1 Å². The fraction of sp³-hybridized carbons (Fsp3) is 0.222. The molecule has 4 rings (SSSR count). The molecular weight excluding hydrogens is 510 g/mol. The summed E-state index contributed by atoms with van der Waals surface area (Å²) in [4.78, 5) is 50.9. The molecule has 0 unspecified atom stereocenters. The van der Waals surface area contributed by atoms with E-state index in [0.29, 0.717) is 34.6 Å². The number of hydrogen-bond acceptors (Lipinski definition) is 9. The number of benzene rings is 2. The molecule has 2 amide bonds. The van der Waals surface area contributed by atoms with Crippen LogP contribution in [0.3, 0.4) is 0 Å². The molecule has 1 aliphatic rings. The van der Waals surface area contributed by atoms with E-state index in [4.69, 9.17) is 14.2 Å². The number of fused-ring (bicyclic) bond motifs is 1. The molecular formula is C27H25N3O7S. The molecule has 0 aliphatic heterocycles. The Morgan fingerprint density at radius 1 is 0.921 bits per heavy atom. The number of hydrogen-bond donors (Lipinski definition) is 2. The molecule has 0 bridgehead atoms. The number of esters is 2. The largest absolute Gasteiger partial charge is 0.497 e. The minimum absolute atomic E-state index is 0.226. The highest BCUT2D eigenvalue weighted by molar-refractivity contribution is 7.17. The van der Waals surface area contributed by atoms with Gasteiger partial charge in [-0.25, -0.2) is 15.0 Å². The van der Waals surface area contributed by atoms with E-state index in [-0.39, 0.29) is 10.8 Å². The molecule has 3 aromatic rings. The molecule has 11 heteroatoms. The van der Waals surface area contributed by atoms with Crippen LogP contribution in [0.2, 0.25) is 0 Å². The number of nitrogens with zero attached hydrogens (tertiary/aromatic N) is 1. The molecule has 0 saturated carbocycles. The number of thiophene rings is 1. The number of para-hydroxylation sites is 1. The number of anilines is 1. The molecule has 0 saturated heterocycles. The first kappa shape index (κ1) is 26.6. The second-order valence-corrected chi connectivity index (χ2v) is 9.36. The molecule has 2 N–H and O–H groups in total.